The molecule has 0 aliphatic heterocycles. The molecule has 2 unspecified atom stereocenters. The second-order valence-electron chi connectivity index (χ2n) is 14.9. The van der Waals surface area contributed by atoms with Crippen LogP contribution in [0.3, 0.4) is 0 Å². The van der Waals surface area contributed by atoms with E-state index in [4.69, 9.17) is 24.3 Å². The SMILES string of the molecule is CC/C=C\C/C=C\C/C=C\C/C=C\C/C=C\C/C=C\C/C=C\C/C=C\CCCCC(=O)OC(COC(=O)CCCCCCCCCCCCCC)COP(=O)(O)OCCN. The molecule has 2 atom stereocenters. The van der Waals surface area contributed by atoms with Gasteiger partial charge in [0.2, 0.25) is 0 Å². The van der Waals surface area contributed by atoms with E-state index in [1.165, 1.54) is 57.8 Å². The zero-order valence-corrected chi connectivity index (χ0v) is 38.5. The third kappa shape index (κ3) is 44.5. The third-order valence-corrected chi connectivity index (χ3v) is 10.2. The molecule has 60 heavy (non-hydrogen) atoms. The topological polar surface area (TPSA) is 134 Å². The Kier molecular flexibility index (Phi) is 43.1. The molecule has 0 aromatic rings. The van der Waals surface area contributed by atoms with E-state index < -0.39 is 32.5 Å². The predicted molar refractivity (Wildman–Crippen MR) is 252 cm³/mol. The standard InChI is InChI=1S/C50H84NO8P/c1-3-5-7-9-11-13-15-17-18-19-20-21-22-23-24-25-26-27-28-29-30-31-33-35-37-39-41-43-50(53)59-48(47-58-60(54,55)57-45-44-51)46-56-49(52)42-40-38-36-34-32-16-14-12-10-8-6-4-2/h5,7,11,13,17-18,20-21,23-24,26-27,29-30,33,35,48H,3-4,6,8-10,12,14-16,19,22,25,28,31-32,34,36-47,51H2,1-2H3,(H,54,55)/b7-5-,13-11-,18-17-,21-20-,24-23-,27-26-,30-29-,35-33-. The summed E-state index contributed by atoms with van der Waals surface area (Å²) < 4.78 is 32.7. The van der Waals surface area contributed by atoms with Crippen LogP contribution in [0.15, 0.2) is 97.2 Å². The zero-order valence-electron chi connectivity index (χ0n) is 37.7. The Morgan fingerprint density at radius 3 is 1.37 bits per heavy atom. The maximum absolute atomic E-state index is 12.6. The molecule has 0 aliphatic rings. The number of ether oxygens (including phenoxy) is 2. The van der Waals surface area contributed by atoms with Gasteiger partial charge in [-0.15, -0.1) is 0 Å². The molecule has 3 N–H and O–H groups in total. The lowest BCUT2D eigenvalue weighted by Gasteiger charge is -2.19. The Morgan fingerprint density at radius 2 is 0.917 bits per heavy atom. The molecular weight excluding hydrogens is 774 g/mol. The van der Waals surface area contributed by atoms with Gasteiger partial charge in [-0.05, 0) is 77.0 Å². The summed E-state index contributed by atoms with van der Waals surface area (Å²) in [6, 6.07) is 0. The second kappa shape index (κ2) is 45.5. The molecule has 0 radical (unpaired) electrons. The number of carbonyl (C=O) groups excluding carboxylic acids is 2. The fourth-order valence-corrected chi connectivity index (χ4v) is 6.59. The number of allylic oxidation sites excluding steroid dienone is 16. The average molecular weight is 858 g/mol. The van der Waals surface area contributed by atoms with E-state index in [0.29, 0.717) is 6.42 Å². The first-order chi connectivity index (χ1) is 29.3. The molecule has 0 aliphatic carbocycles. The van der Waals surface area contributed by atoms with Crippen LogP contribution < -0.4 is 5.73 Å². The minimum atomic E-state index is -4.39. The number of phosphoric ester groups is 1. The lowest BCUT2D eigenvalue weighted by Crippen LogP contribution is -2.29. The molecule has 10 heteroatoms. The first-order valence-corrected chi connectivity index (χ1v) is 24.7. The molecule has 0 spiro atoms. The quantitative estimate of drug-likeness (QED) is 0.0266. The van der Waals surface area contributed by atoms with Gasteiger partial charge in [-0.3, -0.25) is 18.6 Å². The number of carbonyl (C=O) groups is 2. The molecule has 0 fully saturated rings. The van der Waals surface area contributed by atoms with Gasteiger partial charge in [0.25, 0.3) is 0 Å². The molecule has 0 bridgehead atoms. The summed E-state index contributed by atoms with van der Waals surface area (Å²) in [5.41, 5.74) is 5.35. The van der Waals surface area contributed by atoms with Gasteiger partial charge in [-0.2, -0.15) is 0 Å². The van der Waals surface area contributed by atoms with E-state index in [1.54, 1.807) is 0 Å². The Labute approximate surface area is 366 Å². The number of hydrogen-bond acceptors (Lipinski definition) is 8. The van der Waals surface area contributed by atoms with Gasteiger partial charge >= 0.3 is 19.8 Å². The van der Waals surface area contributed by atoms with E-state index in [2.05, 4.69) is 111 Å². The minimum Gasteiger partial charge on any atom is -0.462 e. The summed E-state index contributed by atoms with van der Waals surface area (Å²) in [6.07, 6.45) is 58.7. The number of rotatable bonds is 42. The largest absolute Gasteiger partial charge is 0.472 e. The van der Waals surface area contributed by atoms with Crippen molar-refractivity contribution in [2.45, 2.75) is 180 Å². The van der Waals surface area contributed by atoms with Crippen molar-refractivity contribution >= 4 is 19.8 Å². The smallest absolute Gasteiger partial charge is 0.462 e. The van der Waals surface area contributed by atoms with Crippen molar-refractivity contribution in [2.75, 3.05) is 26.4 Å². The normalized spacial score (nSPS) is 14.1. The molecular formula is C50H84NO8P. The highest BCUT2D eigenvalue weighted by molar-refractivity contribution is 7.47. The van der Waals surface area contributed by atoms with Crippen LogP contribution in [0, 0.1) is 0 Å². The Balaban J connectivity index is 4.21. The second-order valence-corrected chi connectivity index (χ2v) is 16.3. The number of phosphoric acid groups is 1. The zero-order chi connectivity index (χ0) is 43.9. The van der Waals surface area contributed by atoms with Crippen molar-refractivity contribution in [3.05, 3.63) is 97.2 Å². The van der Waals surface area contributed by atoms with Crippen LogP contribution in [0.4, 0.5) is 0 Å². The minimum absolute atomic E-state index is 0.0417. The number of hydrogen-bond donors (Lipinski definition) is 2. The van der Waals surface area contributed by atoms with E-state index in [1.807, 2.05) is 0 Å². The fraction of sp³-hybridized carbons (Fsp3) is 0.640. The predicted octanol–water partition coefficient (Wildman–Crippen LogP) is 13.8. The van der Waals surface area contributed by atoms with E-state index in [0.717, 1.165) is 83.5 Å². The average Bonchev–Trinajstić information content (AvgIpc) is 3.24. The van der Waals surface area contributed by atoms with Crippen molar-refractivity contribution in [2.24, 2.45) is 5.73 Å². The maximum atomic E-state index is 12.6. The van der Waals surface area contributed by atoms with Crippen LogP contribution in [0.5, 0.6) is 0 Å². The highest BCUT2D eigenvalue weighted by Gasteiger charge is 2.26. The van der Waals surface area contributed by atoms with Gasteiger partial charge in [-0.1, -0.05) is 182 Å². The van der Waals surface area contributed by atoms with E-state index >= 15 is 0 Å². The fourth-order valence-electron chi connectivity index (χ4n) is 5.83. The molecule has 0 saturated heterocycles. The first-order valence-electron chi connectivity index (χ1n) is 23.2. The van der Waals surface area contributed by atoms with E-state index in [-0.39, 0.29) is 32.6 Å². The molecule has 0 rings (SSSR count). The van der Waals surface area contributed by atoms with Gasteiger partial charge in [0, 0.05) is 19.4 Å². The molecule has 0 aromatic carbocycles. The van der Waals surface area contributed by atoms with Crippen LogP contribution in [0.25, 0.3) is 0 Å². The summed E-state index contributed by atoms with van der Waals surface area (Å²) in [5, 5.41) is 0. The molecule has 0 aromatic heterocycles. The molecule has 342 valence electrons. The number of unbranched alkanes of at least 4 members (excludes halogenated alkanes) is 13. The highest BCUT2D eigenvalue weighted by Crippen LogP contribution is 2.43. The van der Waals surface area contributed by atoms with Gasteiger partial charge < -0.3 is 20.1 Å². The van der Waals surface area contributed by atoms with Crippen molar-refractivity contribution in [3.8, 4) is 0 Å². The van der Waals surface area contributed by atoms with Gasteiger partial charge in [0.1, 0.15) is 6.61 Å². The Bertz CT molecular complexity index is 1300. The van der Waals surface area contributed by atoms with Crippen LogP contribution in [0.2, 0.25) is 0 Å². The van der Waals surface area contributed by atoms with Crippen molar-refractivity contribution in [1.82, 2.24) is 0 Å². The monoisotopic (exact) mass is 858 g/mol. The third-order valence-electron chi connectivity index (χ3n) is 9.23. The summed E-state index contributed by atoms with van der Waals surface area (Å²) >= 11 is 0. The molecule has 0 amide bonds. The van der Waals surface area contributed by atoms with Crippen LogP contribution in [-0.4, -0.2) is 49.3 Å². The van der Waals surface area contributed by atoms with Gasteiger partial charge in [0.05, 0.1) is 13.2 Å². The van der Waals surface area contributed by atoms with Crippen molar-refractivity contribution < 1.29 is 37.6 Å². The lowest BCUT2D eigenvalue weighted by atomic mass is 10.0. The first kappa shape index (κ1) is 56.9. The highest BCUT2D eigenvalue weighted by atomic mass is 31.2. The number of nitrogens with two attached hydrogens (primary N) is 1. The van der Waals surface area contributed by atoms with E-state index in [9.17, 15) is 19.0 Å². The maximum Gasteiger partial charge on any atom is 0.472 e. The molecule has 9 nitrogen and oxygen atoms in total. The summed E-state index contributed by atoms with van der Waals surface area (Å²) in [7, 11) is -4.39. The summed E-state index contributed by atoms with van der Waals surface area (Å²) in [6.45, 7) is 3.55. The van der Waals surface area contributed by atoms with Crippen molar-refractivity contribution in [3.63, 3.8) is 0 Å². The molecule has 0 saturated carbocycles. The molecule has 0 heterocycles. The van der Waals surface area contributed by atoms with Gasteiger partial charge in [0.15, 0.2) is 6.10 Å². The lowest BCUT2D eigenvalue weighted by molar-refractivity contribution is -0.161. The van der Waals surface area contributed by atoms with Crippen LogP contribution in [0.1, 0.15) is 174 Å². The van der Waals surface area contributed by atoms with Crippen LogP contribution >= 0.6 is 7.82 Å². The van der Waals surface area contributed by atoms with Crippen molar-refractivity contribution in [1.29, 1.82) is 0 Å². The Hall–Kier alpha value is -3.07. The summed E-state index contributed by atoms with van der Waals surface area (Å²) in [5.74, 6) is -0.886. The van der Waals surface area contributed by atoms with Crippen LogP contribution in [-0.2, 0) is 32.7 Å². The van der Waals surface area contributed by atoms with Gasteiger partial charge in [-0.25, -0.2) is 4.57 Å². The Morgan fingerprint density at radius 1 is 0.517 bits per heavy atom. The summed E-state index contributed by atoms with van der Waals surface area (Å²) in [4.78, 5) is 34.9. The number of esters is 2.